The van der Waals surface area contributed by atoms with Crippen LogP contribution in [-0.2, 0) is 0 Å². The molecular formula is C18H25FN2. The number of fused-ring (bicyclic) bond motifs is 2. The Morgan fingerprint density at radius 1 is 1.24 bits per heavy atom. The molecule has 0 aromatic heterocycles. The fraction of sp³-hybridized carbons (Fsp3) is 0.667. The molecule has 4 rings (SSSR count). The zero-order valence-corrected chi connectivity index (χ0v) is 12.8. The fourth-order valence-corrected chi connectivity index (χ4v) is 5.26. The molecule has 3 aliphatic rings. The molecule has 3 atom stereocenters. The second-order valence-corrected chi connectivity index (χ2v) is 7.38. The molecule has 0 saturated carbocycles. The fourth-order valence-electron chi connectivity index (χ4n) is 5.26. The van der Waals surface area contributed by atoms with Crippen molar-refractivity contribution in [2.24, 2.45) is 5.41 Å². The van der Waals surface area contributed by atoms with Crippen LogP contribution in [0.25, 0.3) is 0 Å². The van der Waals surface area contributed by atoms with Crippen molar-refractivity contribution in [1.82, 2.24) is 10.2 Å². The highest BCUT2D eigenvalue weighted by molar-refractivity contribution is 5.26. The van der Waals surface area contributed by atoms with Gasteiger partial charge in [0, 0.05) is 24.5 Å². The first kappa shape index (κ1) is 13.7. The van der Waals surface area contributed by atoms with Gasteiger partial charge in [-0.3, -0.25) is 0 Å². The highest BCUT2D eigenvalue weighted by Crippen LogP contribution is 2.54. The van der Waals surface area contributed by atoms with E-state index in [1.54, 1.807) is 12.1 Å². The van der Waals surface area contributed by atoms with Crippen LogP contribution < -0.4 is 5.32 Å². The van der Waals surface area contributed by atoms with E-state index in [4.69, 9.17) is 0 Å². The Kier molecular flexibility index (Phi) is 3.31. The summed E-state index contributed by atoms with van der Waals surface area (Å²) < 4.78 is 13.7. The van der Waals surface area contributed by atoms with Crippen LogP contribution in [0.1, 0.15) is 43.6 Å². The largest absolute Gasteiger partial charge is 0.316 e. The Morgan fingerprint density at radius 3 is 2.71 bits per heavy atom. The third kappa shape index (κ3) is 2.22. The Morgan fingerprint density at radius 2 is 2.00 bits per heavy atom. The van der Waals surface area contributed by atoms with Crippen LogP contribution in [-0.4, -0.2) is 37.1 Å². The highest BCUT2D eigenvalue weighted by atomic mass is 19.1. The van der Waals surface area contributed by atoms with Crippen molar-refractivity contribution in [1.29, 1.82) is 0 Å². The Bertz CT molecular complexity index is 516. The lowest BCUT2D eigenvalue weighted by atomic mass is 9.61. The number of halogens is 1. The average molecular weight is 288 g/mol. The molecular weight excluding hydrogens is 263 g/mol. The van der Waals surface area contributed by atoms with E-state index in [0.29, 0.717) is 11.3 Å². The molecule has 3 heterocycles. The topological polar surface area (TPSA) is 15.3 Å². The van der Waals surface area contributed by atoms with Gasteiger partial charge in [-0.1, -0.05) is 12.1 Å². The molecule has 3 saturated heterocycles. The maximum absolute atomic E-state index is 13.7. The predicted molar refractivity (Wildman–Crippen MR) is 82.9 cm³/mol. The third-order valence-electron chi connectivity index (χ3n) is 6.41. The van der Waals surface area contributed by atoms with E-state index < -0.39 is 0 Å². The Hall–Kier alpha value is -0.930. The molecule has 0 aliphatic carbocycles. The molecule has 114 valence electrons. The summed E-state index contributed by atoms with van der Waals surface area (Å²) in [5.74, 6) is 0.378. The summed E-state index contributed by atoms with van der Waals surface area (Å²) in [6, 6.07) is 8.82. The Labute approximate surface area is 126 Å². The normalized spacial score (nSPS) is 39.8. The Balaban J connectivity index is 1.69. The van der Waals surface area contributed by atoms with Crippen LogP contribution >= 0.6 is 0 Å². The molecule has 21 heavy (non-hydrogen) atoms. The van der Waals surface area contributed by atoms with Crippen LogP contribution in [0, 0.1) is 11.2 Å². The molecule has 3 aliphatic heterocycles. The van der Waals surface area contributed by atoms with Gasteiger partial charge in [-0.2, -0.15) is 0 Å². The van der Waals surface area contributed by atoms with Crippen LogP contribution in [0.15, 0.2) is 24.3 Å². The number of piperidine rings is 2. The van der Waals surface area contributed by atoms with Crippen LogP contribution in [0.2, 0.25) is 0 Å². The lowest BCUT2D eigenvalue weighted by Crippen LogP contribution is -2.53. The quantitative estimate of drug-likeness (QED) is 0.854. The lowest BCUT2D eigenvalue weighted by molar-refractivity contribution is 0.0195. The van der Waals surface area contributed by atoms with Crippen molar-refractivity contribution < 1.29 is 4.39 Å². The second kappa shape index (κ2) is 5.06. The van der Waals surface area contributed by atoms with Crippen LogP contribution in [0.3, 0.4) is 0 Å². The predicted octanol–water partition coefficient (Wildman–Crippen LogP) is 3.15. The van der Waals surface area contributed by atoms with Gasteiger partial charge in [0.15, 0.2) is 0 Å². The standard InChI is InChI=1S/C18H25FN2/c1-21-15-5-6-16(21)11-18(10-15)7-8-20-12-17(18)13-3-2-4-14(19)9-13/h2-4,9,15-17,20H,5-8,10-12H2,1H3. The molecule has 0 amide bonds. The zero-order chi connectivity index (χ0) is 14.4. The minimum Gasteiger partial charge on any atom is -0.316 e. The third-order valence-corrected chi connectivity index (χ3v) is 6.41. The molecule has 3 heteroatoms. The van der Waals surface area contributed by atoms with E-state index in [1.807, 2.05) is 6.07 Å². The van der Waals surface area contributed by atoms with Crippen molar-refractivity contribution >= 4 is 0 Å². The van der Waals surface area contributed by atoms with E-state index in [9.17, 15) is 4.39 Å². The minimum absolute atomic E-state index is 0.0934. The number of benzene rings is 1. The summed E-state index contributed by atoms with van der Waals surface area (Å²) in [6.45, 7) is 2.13. The van der Waals surface area contributed by atoms with Gasteiger partial charge in [0.1, 0.15) is 5.82 Å². The number of nitrogens with zero attached hydrogens (tertiary/aromatic N) is 1. The van der Waals surface area contributed by atoms with E-state index >= 15 is 0 Å². The van der Waals surface area contributed by atoms with Crippen molar-refractivity contribution in [3.63, 3.8) is 0 Å². The van der Waals surface area contributed by atoms with Gasteiger partial charge in [-0.15, -0.1) is 0 Å². The molecule has 2 bridgehead atoms. The molecule has 1 aromatic carbocycles. The first-order valence-corrected chi connectivity index (χ1v) is 8.36. The molecule has 1 N–H and O–H groups in total. The monoisotopic (exact) mass is 288 g/mol. The smallest absolute Gasteiger partial charge is 0.123 e. The van der Waals surface area contributed by atoms with Crippen LogP contribution in [0.5, 0.6) is 0 Å². The van der Waals surface area contributed by atoms with Crippen molar-refractivity contribution in [2.45, 2.75) is 50.1 Å². The molecule has 3 fully saturated rings. The van der Waals surface area contributed by atoms with Gasteiger partial charge < -0.3 is 10.2 Å². The van der Waals surface area contributed by atoms with Gasteiger partial charge in [0.05, 0.1) is 0 Å². The average Bonchev–Trinajstić information content (AvgIpc) is 2.71. The lowest BCUT2D eigenvalue weighted by Gasteiger charge is -2.52. The highest BCUT2D eigenvalue weighted by Gasteiger charge is 2.51. The van der Waals surface area contributed by atoms with E-state index in [2.05, 4.69) is 23.3 Å². The van der Waals surface area contributed by atoms with Gasteiger partial charge in [-0.25, -0.2) is 4.39 Å². The molecule has 1 aromatic rings. The minimum atomic E-state index is -0.0934. The maximum atomic E-state index is 13.7. The molecule has 3 unspecified atom stereocenters. The van der Waals surface area contributed by atoms with Gasteiger partial charge in [0.25, 0.3) is 0 Å². The summed E-state index contributed by atoms with van der Waals surface area (Å²) in [6.07, 6.45) is 6.54. The maximum Gasteiger partial charge on any atom is 0.123 e. The molecule has 1 spiro atoms. The number of nitrogens with one attached hydrogen (secondary N) is 1. The molecule has 0 radical (unpaired) electrons. The first-order valence-electron chi connectivity index (χ1n) is 8.36. The van der Waals surface area contributed by atoms with E-state index in [0.717, 1.165) is 25.2 Å². The zero-order valence-electron chi connectivity index (χ0n) is 12.8. The summed E-state index contributed by atoms with van der Waals surface area (Å²) in [5.41, 5.74) is 1.59. The van der Waals surface area contributed by atoms with Crippen molar-refractivity contribution in [2.75, 3.05) is 20.1 Å². The SMILES string of the molecule is CN1C2CCC1CC1(CCNCC1c1cccc(F)c1)C2. The first-order chi connectivity index (χ1) is 10.2. The van der Waals surface area contributed by atoms with E-state index in [-0.39, 0.29) is 5.82 Å². The van der Waals surface area contributed by atoms with E-state index in [1.165, 1.54) is 37.7 Å². The summed E-state index contributed by atoms with van der Waals surface area (Å²) in [4.78, 5) is 2.61. The number of rotatable bonds is 1. The van der Waals surface area contributed by atoms with Gasteiger partial charge in [0.2, 0.25) is 0 Å². The van der Waals surface area contributed by atoms with Gasteiger partial charge >= 0.3 is 0 Å². The van der Waals surface area contributed by atoms with Crippen LogP contribution in [0.4, 0.5) is 4.39 Å². The molecule has 2 nitrogen and oxygen atoms in total. The number of hydrogen-bond donors (Lipinski definition) is 1. The van der Waals surface area contributed by atoms with Crippen molar-refractivity contribution in [3.05, 3.63) is 35.6 Å². The van der Waals surface area contributed by atoms with Gasteiger partial charge in [-0.05, 0) is 68.8 Å². The summed E-state index contributed by atoms with van der Waals surface area (Å²) in [7, 11) is 2.30. The van der Waals surface area contributed by atoms with Crippen molar-refractivity contribution in [3.8, 4) is 0 Å². The number of hydrogen-bond acceptors (Lipinski definition) is 2. The summed E-state index contributed by atoms with van der Waals surface area (Å²) >= 11 is 0. The summed E-state index contributed by atoms with van der Waals surface area (Å²) in [5, 5.41) is 3.55. The second-order valence-electron chi connectivity index (χ2n) is 7.38.